The van der Waals surface area contributed by atoms with Gasteiger partial charge in [0.2, 0.25) is 15.7 Å². The molecule has 1 aromatic carbocycles. The molecule has 10 heteroatoms. The minimum Gasteiger partial charge on any atom is -0.338 e. The number of halogens is 1. The Kier molecular flexibility index (Phi) is 5.03. The molecule has 7 nitrogen and oxygen atoms in total. The summed E-state index contributed by atoms with van der Waals surface area (Å²) < 4.78 is 30.4. The van der Waals surface area contributed by atoms with Crippen LogP contribution in [0.3, 0.4) is 0 Å². The zero-order valence-corrected chi connectivity index (χ0v) is 16.1. The van der Waals surface area contributed by atoms with Gasteiger partial charge in [0.1, 0.15) is 5.00 Å². The van der Waals surface area contributed by atoms with E-state index in [2.05, 4.69) is 15.8 Å². The van der Waals surface area contributed by atoms with Crippen molar-refractivity contribution in [1.29, 1.82) is 0 Å². The van der Waals surface area contributed by atoms with Crippen LogP contribution >= 0.6 is 22.9 Å². The molecule has 2 N–H and O–H groups in total. The Labute approximate surface area is 158 Å². The van der Waals surface area contributed by atoms with E-state index in [1.807, 2.05) is 0 Å². The lowest BCUT2D eigenvalue weighted by Crippen LogP contribution is -2.19. The van der Waals surface area contributed by atoms with Crippen molar-refractivity contribution in [3.8, 4) is 0 Å². The number of hydrogen-bond acceptors (Lipinski definition) is 6. The monoisotopic (exact) mass is 411 g/mol. The fourth-order valence-corrected chi connectivity index (χ4v) is 5.13. The summed E-state index contributed by atoms with van der Waals surface area (Å²) in [7, 11) is -3.71. The van der Waals surface area contributed by atoms with Crippen LogP contribution in [0.25, 0.3) is 0 Å². The van der Waals surface area contributed by atoms with Crippen molar-refractivity contribution >= 4 is 49.7 Å². The molecule has 0 bridgehead atoms. The number of benzene rings is 1. The maximum atomic E-state index is 12.8. The number of aryl methyl sites for hydroxylation is 1. The van der Waals surface area contributed by atoms with E-state index in [1.165, 1.54) is 29.6 Å². The second kappa shape index (κ2) is 7.10. The lowest BCUT2D eigenvalue weighted by molar-refractivity contribution is 0.261. The summed E-state index contributed by atoms with van der Waals surface area (Å²) in [6.45, 7) is 3.36. The van der Waals surface area contributed by atoms with Crippen molar-refractivity contribution in [1.82, 2.24) is 5.16 Å². The average Bonchev–Trinajstić information content (AvgIpc) is 3.14. The minimum absolute atomic E-state index is 0.135. The lowest BCUT2D eigenvalue weighted by Gasteiger charge is -2.06. The highest BCUT2D eigenvalue weighted by molar-refractivity contribution is 7.91. The highest BCUT2D eigenvalue weighted by Gasteiger charge is 2.24. The summed E-state index contributed by atoms with van der Waals surface area (Å²) in [6, 6.07) is 6.94. The number of urea groups is 1. The van der Waals surface area contributed by atoms with Crippen LogP contribution in [0, 0.1) is 13.8 Å². The Morgan fingerprint density at radius 2 is 1.88 bits per heavy atom. The molecule has 136 valence electrons. The molecule has 0 fully saturated rings. The maximum absolute atomic E-state index is 12.8. The number of aromatic nitrogens is 1. The van der Waals surface area contributed by atoms with Gasteiger partial charge in [0.15, 0.2) is 0 Å². The highest BCUT2D eigenvalue weighted by atomic mass is 35.5. The average molecular weight is 412 g/mol. The molecular weight excluding hydrogens is 398 g/mol. The van der Waals surface area contributed by atoms with Gasteiger partial charge in [0.05, 0.1) is 15.5 Å². The van der Waals surface area contributed by atoms with Gasteiger partial charge in [-0.3, -0.25) is 10.6 Å². The number of anilines is 2. The summed E-state index contributed by atoms with van der Waals surface area (Å²) in [5.74, 6) is 0.197. The smallest absolute Gasteiger partial charge is 0.326 e. The van der Waals surface area contributed by atoms with E-state index in [-0.39, 0.29) is 15.7 Å². The fraction of sp³-hybridized carbons (Fsp3) is 0.125. The van der Waals surface area contributed by atoms with E-state index in [0.29, 0.717) is 21.3 Å². The van der Waals surface area contributed by atoms with Gasteiger partial charge in [0.25, 0.3) is 0 Å². The second-order valence-corrected chi connectivity index (χ2v) is 8.66. The molecule has 0 saturated heterocycles. The van der Waals surface area contributed by atoms with E-state index >= 15 is 0 Å². The van der Waals surface area contributed by atoms with E-state index < -0.39 is 15.9 Å². The van der Waals surface area contributed by atoms with Gasteiger partial charge >= 0.3 is 6.03 Å². The first-order valence-corrected chi connectivity index (χ1v) is 10.1. The third kappa shape index (κ3) is 3.74. The van der Waals surface area contributed by atoms with Crippen LogP contribution in [0.4, 0.5) is 15.7 Å². The van der Waals surface area contributed by atoms with Crippen molar-refractivity contribution in [2.24, 2.45) is 0 Å². The standard InChI is InChI=1S/C16H14ClN3O4S2/c1-9-7-14(24-20-9)18-16(21)19-15-10(2)13(8-25-15)26(22,23)12-5-3-11(17)4-6-12/h3-8H,1-2H3,(H2,18,19,21). The van der Waals surface area contributed by atoms with Gasteiger partial charge in [-0.15, -0.1) is 11.3 Å². The van der Waals surface area contributed by atoms with E-state index in [1.54, 1.807) is 19.9 Å². The molecule has 3 aromatic rings. The molecular formula is C16H14ClN3O4S2. The molecule has 0 radical (unpaired) electrons. The summed E-state index contributed by atoms with van der Waals surface area (Å²) in [6.07, 6.45) is 0. The van der Waals surface area contributed by atoms with Crippen molar-refractivity contribution in [3.05, 3.63) is 52.0 Å². The van der Waals surface area contributed by atoms with E-state index in [0.717, 1.165) is 11.3 Å². The summed E-state index contributed by atoms with van der Waals surface area (Å²) in [5, 5.41) is 11.1. The van der Waals surface area contributed by atoms with Gasteiger partial charge in [-0.25, -0.2) is 13.2 Å². The van der Waals surface area contributed by atoms with Crippen molar-refractivity contribution < 1.29 is 17.7 Å². The van der Waals surface area contributed by atoms with Gasteiger partial charge in [-0.2, -0.15) is 0 Å². The zero-order chi connectivity index (χ0) is 18.9. The summed E-state index contributed by atoms with van der Waals surface area (Å²) >= 11 is 6.93. The molecule has 2 aromatic heterocycles. The molecule has 0 aliphatic rings. The number of hydrogen-bond donors (Lipinski definition) is 2. The third-order valence-electron chi connectivity index (χ3n) is 3.50. The van der Waals surface area contributed by atoms with Crippen LogP contribution in [0.15, 0.2) is 50.0 Å². The molecule has 0 unspecified atom stereocenters. The first-order valence-electron chi connectivity index (χ1n) is 7.37. The largest absolute Gasteiger partial charge is 0.338 e. The minimum atomic E-state index is -3.71. The van der Waals surface area contributed by atoms with Crippen molar-refractivity contribution in [3.63, 3.8) is 0 Å². The number of rotatable bonds is 4. The van der Waals surface area contributed by atoms with E-state index in [4.69, 9.17) is 16.1 Å². The molecule has 26 heavy (non-hydrogen) atoms. The zero-order valence-electron chi connectivity index (χ0n) is 13.7. The molecule has 0 spiro atoms. The van der Waals surface area contributed by atoms with Gasteiger partial charge in [0, 0.05) is 22.0 Å². The third-order valence-corrected chi connectivity index (χ3v) is 6.79. The van der Waals surface area contributed by atoms with Crippen LogP contribution in [0.1, 0.15) is 11.3 Å². The van der Waals surface area contributed by atoms with Gasteiger partial charge < -0.3 is 4.52 Å². The predicted molar refractivity (Wildman–Crippen MR) is 99.8 cm³/mol. The predicted octanol–water partition coefficient (Wildman–Crippen LogP) is 4.48. The fourth-order valence-electron chi connectivity index (χ4n) is 2.20. The molecule has 3 rings (SSSR count). The maximum Gasteiger partial charge on any atom is 0.326 e. The number of sulfone groups is 1. The number of thiophene rings is 1. The Hall–Kier alpha value is -2.36. The van der Waals surface area contributed by atoms with Crippen molar-refractivity contribution in [2.75, 3.05) is 10.6 Å². The van der Waals surface area contributed by atoms with Crippen LogP contribution < -0.4 is 10.6 Å². The van der Waals surface area contributed by atoms with Crippen LogP contribution in [0.5, 0.6) is 0 Å². The number of amides is 2. The van der Waals surface area contributed by atoms with Crippen LogP contribution in [-0.4, -0.2) is 19.6 Å². The van der Waals surface area contributed by atoms with Gasteiger partial charge in [-0.1, -0.05) is 16.8 Å². The first-order chi connectivity index (χ1) is 12.3. The molecule has 0 aliphatic carbocycles. The number of carbonyl (C=O) groups is 1. The van der Waals surface area contributed by atoms with Crippen molar-refractivity contribution in [2.45, 2.75) is 23.6 Å². The van der Waals surface area contributed by atoms with E-state index in [9.17, 15) is 13.2 Å². The SMILES string of the molecule is Cc1cc(NC(=O)Nc2scc(S(=O)(=O)c3ccc(Cl)cc3)c2C)on1. The molecule has 0 saturated carbocycles. The Morgan fingerprint density at radius 1 is 1.19 bits per heavy atom. The topological polar surface area (TPSA) is 101 Å². The number of carbonyl (C=O) groups excluding carboxylic acids is 1. The quantitative estimate of drug-likeness (QED) is 0.658. The number of nitrogens with zero attached hydrogens (tertiary/aromatic N) is 1. The van der Waals surface area contributed by atoms with Crippen LogP contribution in [-0.2, 0) is 9.84 Å². The molecule has 0 atom stereocenters. The second-order valence-electron chi connectivity index (χ2n) is 5.42. The van der Waals surface area contributed by atoms with Crippen LogP contribution in [0.2, 0.25) is 5.02 Å². The molecule has 2 amide bonds. The molecule has 0 aliphatic heterocycles. The Morgan fingerprint density at radius 3 is 2.50 bits per heavy atom. The Bertz CT molecular complexity index is 1060. The number of nitrogens with one attached hydrogen (secondary N) is 2. The summed E-state index contributed by atoms with van der Waals surface area (Å²) in [4.78, 5) is 12.3. The molecule has 2 heterocycles. The van der Waals surface area contributed by atoms with Gasteiger partial charge in [-0.05, 0) is 38.1 Å². The highest BCUT2D eigenvalue weighted by Crippen LogP contribution is 2.34. The lowest BCUT2D eigenvalue weighted by atomic mass is 10.3. The Balaban J connectivity index is 1.81. The normalized spacial score (nSPS) is 11.3. The summed E-state index contributed by atoms with van der Waals surface area (Å²) in [5.41, 5.74) is 1.08. The first kappa shape index (κ1) is 18.4.